The average Bonchev–Trinajstić information content (AvgIpc) is 3.57. The van der Waals surface area contributed by atoms with Crippen LogP contribution in [0.1, 0.15) is 33.8 Å². The molecule has 0 aromatic heterocycles. The van der Waals surface area contributed by atoms with Crippen LogP contribution < -0.4 is 4.74 Å². The summed E-state index contributed by atoms with van der Waals surface area (Å²) in [5.41, 5.74) is 3.02. The molecule has 1 saturated carbocycles. The van der Waals surface area contributed by atoms with Gasteiger partial charge < -0.3 is 9.57 Å². The third-order valence-corrected chi connectivity index (χ3v) is 6.20. The second-order valence-electron chi connectivity index (χ2n) is 7.21. The van der Waals surface area contributed by atoms with Crippen LogP contribution in [0.25, 0.3) is 0 Å². The van der Waals surface area contributed by atoms with Crippen molar-refractivity contribution < 1.29 is 14.4 Å². The van der Waals surface area contributed by atoms with Crippen LogP contribution >= 0.6 is 34.8 Å². The monoisotopic (exact) mass is 473 g/mol. The number of rotatable bonds is 6. The van der Waals surface area contributed by atoms with Crippen LogP contribution in [0.5, 0.6) is 5.75 Å². The van der Waals surface area contributed by atoms with Gasteiger partial charge in [0.05, 0.1) is 28.4 Å². The van der Waals surface area contributed by atoms with E-state index in [4.69, 9.17) is 44.4 Å². The highest BCUT2D eigenvalue weighted by Crippen LogP contribution is 2.49. The third-order valence-electron chi connectivity index (χ3n) is 5.21. The van der Waals surface area contributed by atoms with E-state index >= 15 is 0 Å². The maximum Gasteiger partial charge on any atom is 0.365 e. The summed E-state index contributed by atoms with van der Waals surface area (Å²) in [6, 6.07) is 19.9. The Kier molecular flexibility index (Phi) is 6.51. The van der Waals surface area contributed by atoms with Crippen molar-refractivity contribution in [2.24, 2.45) is 11.1 Å². The molecule has 0 unspecified atom stereocenters. The van der Waals surface area contributed by atoms with Gasteiger partial charge in [0, 0.05) is 10.9 Å². The van der Waals surface area contributed by atoms with E-state index in [1.165, 1.54) is 11.6 Å². The molecule has 1 aliphatic carbocycles. The Bertz CT molecular complexity index is 1130. The predicted molar refractivity (Wildman–Crippen MR) is 124 cm³/mol. The molecule has 1 fully saturated rings. The van der Waals surface area contributed by atoms with Crippen molar-refractivity contribution >= 4 is 46.5 Å². The van der Waals surface area contributed by atoms with Gasteiger partial charge in [-0.2, -0.15) is 0 Å². The van der Waals surface area contributed by atoms with Crippen molar-refractivity contribution in [3.63, 3.8) is 0 Å². The molecule has 0 radical (unpaired) electrons. The molecule has 0 N–H and O–H groups in total. The first-order valence-electron chi connectivity index (χ1n) is 9.60. The highest BCUT2D eigenvalue weighted by molar-refractivity contribution is 6.42. The molecule has 1 aliphatic rings. The Hall–Kier alpha value is -2.53. The number of oxime groups is 1. The molecule has 0 heterocycles. The number of methoxy groups -OCH3 is 1. The number of halogens is 3. The van der Waals surface area contributed by atoms with Crippen molar-refractivity contribution in [1.82, 2.24) is 0 Å². The first-order valence-corrected chi connectivity index (χ1v) is 10.7. The topological polar surface area (TPSA) is 47.9 Å². The highest BCUT2D eigenvalue weighted by atomic mass is 35.5. The number of benzene rings is 3. The molecule has 4 nitrogen and oxygen atoms in total. The average molecular weight is 475 g/mol. The fourth-order valence-corrected chi connectivity index (χ4v) is 3.86. The van der Waals surface area contributed by atoms with Crippen molar-refractivity contribution in [2.75, 3.05) is 7.11 Å². The summed E-state index contributed by atoms with van der Waals surface area (Å²) in [6.45, 7) is 0. The molecule has 7 heteroatoms. The summed E-state index contributed by atoms with van der Waals surface area (Å²) in [4.78, 5) is 17.8. The predicted octanol–water partition coefficient (Wildman–Crippen LogP) is 7.02. The van der Waals surface area contributed by atoms with E-state index in [0.29, 0.717) is 15.8 Å². The minimum Gasteiger partial charge on any atom is -0.497 e. The number of hydrogen-bond donors (Lipinski definition) is 0. The smallest absolute Gasteiger partial charge is 0.365 e. The normalized spacial score (nSPS) is 17.9. The van der Waals surface area contributed by atoms with Gasteiger partial charge in [0.15, 0.2) is 0 Å². The van der Waals surface area contributed by atoms with Gasteiger partial charge in [-0.05, 0) is 78.1 Å². The molecule has 3 aromatic rings. The number of carbonyl (C=O) groups excluding carboxylic acids is 1. The van der Waals surface area contributed by atoms with Gasteiger partial charge in [-0.1, -0.05) is 52.1 Å². The van der Waals surface area contributed by atoms with E-state index in [1.54, 1.807) is 19.2 Å². The van der Waals surface area contributed by atoms with Crippen molar-refractivity contribution in [1.29, 1.82) is 0 Å². The molecular formula is C24H18Cl3NO3. The van der Waals surface area contributed by atoms with Crippen LogP contribution in [-0.2, 0) is 4.84 Å². The lowest BCUT2D eigenvalue weighted by Gasteiger charge is -2.08. The first kappa shape index (κ1) is 21.7. The zero-order valence-corrected chi connectivity index (χ0v) is 18.8. The van der Waals surface area contributed by atoms with E-state index in [2.05, 4.69) is 5.16 Å². The van der Waals surface area contributed by atoms with Crippen LogP contribution in [0, 0.1) is 5.92 Å². The van der Waals surface area contributed by atoms with Crippen LogP contribution in [0.2, 0.25) is 15.1 Å². The second kappa shape index (κ2) is 9.31. The van der Waals surface area contributed by atoms with Crippen LogP contribution in [-0.4, -0.2) is 18.8 Å². The first-order chi connectivity index (χ1) is 15.0. The molecule has 4 rings (SSSR count). The van der Waals surface area contributed by atoms with Crippen molar-refractivity contribution in [3.05, 3.63) is 98.5 Å². The van der Waals surface area contributed by atoms with Gasteiger partial charge in [-0.25, -0.2) is 4.79 Å². The van der Waals surface area contributed by atoms with E-state index in [0.717, 1.165) is 17.7 Å². The van der Waals surface area contributed by atoms with Crippen LogP contribution in [0.15, 0.2) is 71.9 Å². The fourth-order valence-electron chi connectivity index (χ4n) is 3.44. The lowest BCUT2D eigenvalue weighted by molar-refractivity contribution is 0.0515. The van der Waals surface area contributed by atoms with Gasteiger partial charge >= 0.3 is 5.97 Å². The summed E-state index contributed by atoms with van der Waals surface area (Å²) in [5, 5.41) is 5.60. The highest BCUT2D eigenvalue weighted by Gasteiger charge is 2.43. The zero-order valence-electron chi connectivity index (χ0n) is 16.5. The standard InChI is InChI=1S/C24H18Cl3NO3/c1-30-18-9-4-15(5-10-18)23(20-13-19(20)14-2-7-17(25)8-3-14)28-31-24(29)16-6-11-21(26)22(27)12-16/h2-12,19-20H,13H2,1H3/b28-23-/t19-,20-/m1/s1. The molecular weight excluding hydrogens is 457 g/mol. The summed E-state index contributed by atoms with van der Waals surface area (Å²) in [5.74, 6) is 0.534. The Labute approximate surface area is 195 Å². The lowest BCUT2D eigenvalue weighted by Crippen LogP contribution is -2.09. The Morgan fingerprint density at radius 1 is 0.903 bits per heavy atom. The molecule has 0 amide bonds. The van der Waals surface area contributed by atoms with E-state index < -0.39 is 5.97 Å². The zero-order chi connectivity index (χ0) is 22.0. The number of ether oxygens (including phenoxy) is 1. The van der Waals surface area contributed by atoms with Crippen molar-refractivity contribution in [3.8, 4) is 5.75 Å². The van der Waals surface area contributed by atoms with Gasteiger partial charge in [0.1, 0.15) is 5.75 Å². The molecule has 31 heavy (non-hydrogen) atoms. The van der Waals surface area contributed by atoms with E-state index in [9.17, 15) is 4.79 Å². The second-order valence-corrected chi connectivity index (χ2v) is 8.46. The summed E-state index contributed by atoms with van der Waals surface area (Å²) >= 11 is 17.9. The Balaban J connectivity index is 1.59. The minimum atomic E-state index is -0.603. The maximum atomic E-state index is 12.5. The summed E-state index contributed by atoms with van der Waals surface area (Å²) < 4.78 is 5.24. The van der Waals surface area contributed by atoms with Crippen LogP contribution in [0.3, 0.4) is 0 Å². The number of carbonyl (C=O) groups is 1. The summed E-state index contributed by atoms with van der Waals surface area (Å²) in [7, 11) is 1.61. The van der Waals surface area contributed by atoms with Crippen LogP contribution in [0.4, 0.5) is 0 Å². The van der Waals surface area contributed by atoms with Gasteiger partial charge in [0.2, 0.25) is 0 Å². The van der Waals surface area contributed by atoms with Crippen molar-refractivity contribution in [2.45, 2.75) is 12.3 Å². The van der Waals surface area contributed by atoms with Gasteiger partial charge in [0.25, 0.3) is 0 Å². The molecule has 158 valence electrons. The largest absolute Gasteiger partial charge is 0.497 e. The minimum absolute atomic E-state index is 0.121. The molecule has 0 saturated heterocycles. The fraction of sp³-hybridized carbons (Fsp3) is 0.167. The van der Waals surface area contributed by atoms with Gasteiger partial charge in [-0.3, -0.25) is 0 Å². The Morgan fingerprint density at radius 2 is 1.58 bits per heavy atom. The SMILES string of the molecule is COc1ccc(/C(=N/OC(=O)c2ccc(Cl)c(Cl)c2)[C@@H]2C[C@@H]2c2ccc(Cl)cc2)cc1. The Morgan fingerprint density at radius 3 is 2.23 bits per heavy atom. The third kappa shape index (κ3) is 5.04. The number of hydrogen-bond acceptors (Lipinski definition) is 4. The molecule has 3 aromatic carbocycles. The molecule has 0 spiro atoms. The molecule has 0 aliphatic heterocycles. The van der Waals surface area contributed by atoms with Gasteiger partial charge in [-0.15, -0.1) is 0 Å². The summed E-state index contributed by atoms with van der Waals surface area (Å²) in [6.07, 6.45) is 0.900. The molecule has 0 bridgehead atoms. The lowest BCUT2D eigenvalue weighted by atomic mass is 10.0. The van der Waals surface area contributed by atoms with E-state index in [1.807, 2.05) is 48.5 Å². The maximum absolute atomic E-state index is 12.5. The van der Waals surface area contributed by atoms with E-state index in [-0.39, 0.29) is 22.4 Å². The number of nitrogens with zero attached hydrogens (tertiary/aromatic N) is 1. The molecule has 2 atom stereocenters. The quantitative estimate of drug-likeness (QED) is 0.219.